The maximum Gasteiger partial charge on any atom is 0.223 e. The van der Waals surface area contributed by atoms with Crippen LogP contribution in [0.15, 0.2) is 0 Å². The van der Waals surface area contributed by atoms with Crippen LogP contribution in [-0.2, 0) is 4.79 Å². The fraction of sp³-hybridized carbons (Fsp3) is 0.500. The van der Waals surface area contributed by atoms with Gasteiger partial charge >= 0.3 is 0 Å². The minimum atomic E-state index is 0.0257. The van der Waals surface area contributed by atoms with Gasteiger partial charge in [0.05, 0.1) is 5.69 Å². The van der Waals surface area contributed by atoms with E-state index in [1.54, 1.807) is 14.1 Å². The number of aromatic nitrogens is 2. The molecule has 0 bridgehead atoms. The molecule has 0 aliphatic carbocycles. The van der Waals surface area contributed by atoms with Crippen molar-refractivity contribution in [3.05, 3.63) is 16.8 Å². The summed E-state index contributed by atoms with van der Waals surface area (Å²) in [4.78, 5) is 12.9. The van der Waals surface area contributed by atoms with Crippen LogP contribution in [0.2, 0.25) is 0 Å². The van der Waals surface area contributed by atoms with E-state index < -0.39 is 0 Å². The standard InChI is InChI=1S/C12H17N5O/c1-8-9(2)15-16-12(10(8)7-13)14-6-5-11(18)17(3)4/h5-6H2,1-4H3,(H,14,16). The van der Waals surface area contributed by atoms with Crippen molar-refractivity contribution in [1.82, 2.24) is 15.1 Å². The van der Waals surface area contributed by atoms with Crippen molar-refractivity contribution >= 4 is 11.7 Å². The van der Waals surface area contributed by atoms with E-state index in [0.717, 1.165) is 11.3 Å². The van der Waals surface area contributed by atoms with Crippen molar-refractivity contribution < 1.29 is 4.79 Å². The Balaban J connectivity index is 2.72. The molecule has 1 amide bonds. The normalized spacial score (nSPS) is 9.72. The lowest BCUT2D eigenvalue weighted by molar-refractivity contribution is -0.128. The van der Waals surface area contributed by atoms with Gasteiger partial charge < -0.3 is 10.2 Å². The van der Waals surface area contributed by atoms with Crippen LogP contribution < -0.4 is 5.32 Å². The molecule has 0 atom stereocenters. The Morgan fingerprint density at radius 3 is 2.61 bits per heavy atom. The zero-order valence-corrected chi connectivity index (χ0v) is 11.1. The number of nitriles is 1. The summed E-state index contributed by atoms with van der Waals surface area (Å²) in [5.74, 6) is 0.463. The first-order valence-corrected chi connectivity index (χ1v) is 5.65. The minimum Gasteiger partial charge on any atom is -0.367 e. The van der Waals surface area contributed by atoms with E-state index in [-0.39, 0.29) is 5.91 Å². The quantitative estimate of drug-likeness (QED) is 0.853. The van der Waals surface area contributed by atoms with Crippen LogP contribution in [0.4, 0.5) is 5.82 Å². The highest BCUT2D eigenvalue weighted by atomic mass is 16.2. The average molecular weight is 247 g/mol. The summed E-state index contributed by atoms with van der Waals surface area (Å²) in [5, 5.41) is 20.0. The van der Waals surface area contributed by atoms with E-state index in [0.29, 0.717) is 24.3 Å². The smallest absolute Gasteiger partial charge is 0.223 e. The van der Waals surface area contributed by atoms with Gasteiger partial charge in [-0.3, -0.25) is 4.79 Å². The van der Waals surface area contributed by atoms with E-state index >= 15 is 0 Å². The Bertz CT molecular complexity index is 490. The molecule has 0 spiro atoms. The van der Waals surface area contributed by atoms with Crippen LogP contribution in [0.1, 0.15) is 23.2 Å². The summed E-state index contributed by atoms with van der Waals surface area (Å²) < 4.78 is 0. The van der Waals surface area contributed by atoms with Crippen LogP contribution in [0.3, 0.4) is 0 Å². The Morgan fingerprint density at radius 2 is 2.06 bits per heavy atom. The highest BCUT2D eigenvalue weighted by molar-refractivity contribution is 5.76. The summed E-state index contributed by atoms with van der Waals surface area (Å²) in [6.07, 6.45) is 0.354. The molecule has 0 aliphatic heterocycles. The molecule has 0 aliphatic rings. The molecule has 1 heterocycles. The molecule has 0 saturated heterocycles. The summed E-state index contributed by atoms with van der Waals surface area (Å²) >= 11 is 0. The maximum atomic E-state index is 11.4. The van der Waals surface area contributed by atoms with Crippen LogP contribution in [0.25, 0.3) is 0 Å². The molecule has 18 heavy (non-hydrogen) atoms. The first kappa shape index (κ1) is 13.9. The summed E-state index contributed by atoms with van der Waals surface area (Å²) in [6, 6.07) is 2.11. The fourth-order valence-corrected chi connectivity index (χ4v) is 1.38. The van der Waals surface area contributed by atoms with Gasteiger partial charge in [0.15, 0.2) is 5.82 Å². The van der Waals surface area contributed by atoms with Crippen molar-refractivity contribution in [3.63, 3.8) is 0 Å². The highest BCUT2D eigenvalue weighted by Gasteiger charge is 2.11. The topological polar surface area (TPSA) is 81.9 Å². The first-order valence-electron chi connectivity index (χ1n) is 5.65. The molecule has 1 rings (SSSR count). The van der Waals surface area contributed by atoms with Gasteiger partial charge in [-0.25, -0.2) is 0 Å². The number of carbonyl (C=O) groups excluding carboxylic acids is 1. The Labute approximate surface area is 107 Å². The molecular formula is C12H17N5O. The van der Waals surface area contributed by atoms with E-state index in [9.17, 15) is 4.79 Å². The second-order valence-corrected chi connectivity index (χ2v) is 4.21. The van der Waals surface area contributed by atoms with Crippen LogP contribution >= 0.6 is 0 Å². The van der Waals surface area contributed by atoms with Gasteiger partial charge in [0, 0.05) is 27.1 Å². The third-order valence-corrected chi connectivity index (χ3v) is 2.70. The number of rotatable bonds is 4. The predicted octanol–water partition coefficient (Wildman–Crippen LogP) is 0.855. The van der Waals surface area contributed by atoms with Gasteiger partial charge in [0.1, 0.15) is 11.6 Å². The van der Waals surface area contributed by atoms with Crippen molar-refractivity contribution in [2.45, 2.75) is 20.3 Å². The van der Waals surface area contributed by atoms with Crippen LogP contribution in [0.5, 0.6) is 0 Å². The number of hydrogen-bond donors (Lipinski definition) is 1. The number of nitrogens with zero attached hydrogens (tertiary/aromatic N) is 4. The van der Waals surface area contributed by atoms with Gasteiger partial charge in [-0.15, -0.1) is 5.10 Å². The molecule has 96 valence electrons. The zero-order valence-electron chi connectivity index (χ0n) is 11.1. The third kappa shape index (κ3) is 3.17. The SMILES string of the molecule is Cc1nnc(NCCC(=O)N(C)C)c(C#N)c1C. The fourth-order valence-electron chi connectivity index (χ4n) is 1.38. The van der Waals surface area contributed by atoms with Gasteiger partial charge in [0.25, 0.3) is 0 Å². The second-order valence-electron chi connectivity index (χ2n) is 4.21. The van der Waals surface area contributed by atoms with Crippen molar-refractivity contribution in [2.75, 3.05) is 26.0 Å². The van der Waals surface area contributed by atoms with Crippen molar-refractivity contribution in [3.8, 4) is 6.07 Å². The predicted molar refractivity (Wildman–Crippen MR) is 68.0 cm³/mol. The largest absolute Gasteiger partial charge is 0.367 e. The third-order valence-electron chi connectivity index (χ3n) is 2.70. The van der Waals surface area contributed by atoms with E-state index in [4.69, 9.17) is 5.26 Å². The molecule has 6 nitrogen and oxygen atoms in total. The van der Waals surface area contributed by atoms with Gasteiger partial charge in [0.2, 0.25) is 5.91 Å². The van der Waals surface area contributed by atoms with E-state index in [1.165, 1.54) is 4.90 Å². The first-order chi connectivity index (χ1) is 8.47. The lowest BCUT2D eigenvalue weighted by atomic mass is 10.1. The molecular weight excluding hydrogens is 230 g/mol. The molecule has 1 aromatic heterocycles. The number of nitrogens with one attached hydrogen (secondary N) is 1. The lowest BCUT2D eigenvalue weighted by Gasteiger charge is -2.12. The Morgan fingerprint density at radius 1 is 1.39 bits per heavy atom. The second kappa shape index (κ2) is 5.96. The van der Waals surface area contributed by atoms with Gasteiger partial charge in [-0.05, 0) is 19.4 Å². The Hall–Kier alpha value is -2.16. The van der Waals surface area contributed by atoms with Crippen molar-refractivity contribution in [2.24, 2.45) is 0 Å². The molecule has 0 saturated carbocycles. The molecule has 0 unspecified atom stereocenters. The number of anilines is 1. The molecule has 1 aromatic rings. The molecule has 6 heteroatoms. The van der Waals surface area contributed by atoms with Gasteiger partial charge in [-0.2, -0.15) is 10.4 Å². The highest BCUT2D eigenvalue weighted by Crippen LogP contribution is 2.16. The number of carbonyl (C=O) groups is 1. The lowest BCUT2D eigenvalue weighted by Crippen LogP contribution is -2.24. The Kier molecular flexibility index (Phi) is 4.60. The van der Waals surface area contributed by atoms with E-state index in [1.807, 2.05) is 13.8 Å². The number of aryl methyl sites for hydroxylation is 1. The molecule has 0 radical (unpaired) electrons. The van der Waals surface area contributed by atoms with Crippen molar-refractivity contribution in [1.29, 1.82) is 5.26 Å². The van der Waals surface area contributed by atoms with Crippen LogP contribution in [-0.4, -0.2) is 41.6 Å². The summed E-state index contributed by atoms with van der Waals surface area (Å²) in [7, 11) is 3.41. The number of hydrogen-bond acceptors (Lipinski definition) is 5. The van der Waals surface area contributed by atoms with Gasteiger partial charge in [-0.1, -0.05) is 0 Å². The van der Waals surface area contributed by atoms with E-state index in [2.05, 4.69) is 21.6 Å². The zero-order chi connectivity index (χ0) is 13.7. The minimum absolute atomic E-state index is 0.0257. The number of amides is 1. The average Bonchev–Trinajstić information content (AvgIpc) is 2.33. The molecule has 0 fully saturated rings. The molecule has 1 N–H and O–H groups in total. The maximum absolute atomic E-state index is 11.4. The molecule has 0 aromatic carbocycles. The monoisotopic (exact) mass is 247 g/mol. The summed E-state index contributed by atoms with van der Waals surface area (Å²) in [5.41, 5.74) is 2.04. The summed E-state index contributed by atoms with van der Waals surface area (Å²) in [6.45, 7) is 4.07. The van der Waals surface area contributed by atoms with Crippen LogP contribution in [0, 0.1) is 25.2 Å².